The molecule has 3 rings (SSSR count). The van der Waals surface area contributed by atoms with Gasteiger partial charge in [0, 0.05) is 0 Å². The molecule has 3 aliphatic carbocycles. The van der Waals surface area contributed by atoms with E-state index in [9.17, 15) is 5.11 Å². The van der Waals surface area contributed by atoms with E-state index in [1.807, 2.05) is 0 Å². The number of rotatable bonds is 3. The zero-order chi connectivity index (χ0) is 11.7. The van der Waals surface area contributed by atoms with Crippen molar-refractivity contribution in [1.29, 1.82) is 0 Å². The van der Waals surface area contributed by atoms with Crippen LogP contribution in [0.15, 0.2) is 0 Å². The zero-order valence-corrected chi connectivity index (χ0v) is 15.2. The molecule has 0 bridgehead atoms. The molecule has 0 unspecified atom stereocenters. The average molecular weight is 274 g/mol. The number of hydrogen-bond acceptors (Lipinski definition) is 1. The summed E-state index contributed by atoms with van der Waals surface area (Å²) in [6, 6.07) is 0. The minimum Gasteiger partial charge on any atom is -0.849 e. The van der Waals surface area contributed by atoms with Crippen LogP contribution < -0.4 is 56.5 Å². The summed E-state index contributed by atoms with van der Waals surface area (Å²) in [4.78, 5) is 0. The van der Waals surface area contributed by atoms with Crippen LogP contribution in [-0.2, 0) is 0 Å². The van der Waals surface area contributed by atoms with E-state index in [2.05, 4.69) is 0 Å². The third-order valence-corrected chi connectivity index (χ3v) is 5.98. The minimum atomic E-state index is -0.510. The van der Waals surface area contributed by atoms with Crippen LogP contribution in [0.5, 0.6) is 0 Å². The predicted molar refractivity (Wildman–Crippen MR) is 68.6 cm³/mol. The molecule has 0 N–H and O–H groups in total. The second-order valence-corrected chi connectivity index (χ2v) is 6.80. The maximum Gasteiger partial charge on any atom is 1.00 e. The normalized spacial score (nSPS) is 27.8. The van der Waals surface area contributed by atoms with E-state index in [1.165, 1.54) is 77.0 Å². The summed E-state index contributed by atoms with van der Waals surface area (Å²) in [6.45, 7) is 0. The summed E-state index contributed by atoms with van der Waals surface area (Å²) in [5, 5.41) is 13.7. The van der Waals surface area contributed by atoms with Gasteiger partial charge in [-0.3, -0.25) is 0 Å². The van der Waals surface area contributed by atoms with Crippen LogP contribution in [0.4, 0.5) is 0 Å². The Balaban J connectivity index is 0.00000120. The van der Waals surface area contributed by atoms with Crippen molar-refractivity contribution in [2.24, 2.45) is 17.8 Å². The molecular weight excluding hydrogens is 247 g/mol. The van der Waals surface area contributed by atoms with Gasteiger partial charge >= 0.3 is 51.4 Å². The summed E-state index contributed by atoms with van der Waals surface area (Å²) < 4.78 is 0. The van der Waals surface area contributed by atoms with Gasteiger partial charge in [-0.25, -0.2) is 0 Å². The third-order valence-electron chi connectivity index (χ3n) is 5.98. The van der Waals surface area contributed by atoms with Crippen LogP contribution in [0, 0.1) is 17.8 Å². The van der Waals surface area contributed by atoms with Crippen LogP contribution in [-0.4, -0.2) is 5.60 Å². The Hall–Kier alpha value is 1.60. The van der Waals surface area contributed by atoms with Crippen molar-refractivity contribution in [3.63, 3.8) is 0 Å². The van der Waals surface area contributed by atoms with Crippen molar-refractivity contribution in [2.75, 3.05) is 0 Å². The molecule has 0 aromatic rings. The van der Waals surface area contributed by atoms with E-state index in [0.717, 1.165) is 0 Å². The molecule has 0 aromatic carbocycles. The van der Waals surface area contributed by atoms with Crippen molar-refractivity contribution in [3.8, 4) is 0 Å². The van der Waals surface area contributed by atoms with Crippen LogP contribution >= 0.6 is 0 Å². The smallest absolute Gasteiger partial charge is 0.849 e. The largest absolute Gasteiger partial charge is 1.00 e. The van der Waals surface area contributed by atoms with Gasteiger partial charge in [0.15, 0.2) is 0 Å². The fourth-order valence-corrected chi connectivity index (χ4v) is 5.13. The van der Waals surface area contributed by atoms with Crippen molar-refractivity contribution in [1.82, 2.24) is 0 Å². The maximum absolute atomic E-state index is 13.7. The average Bonchev–Trinajstić information content (AvgIpc) is 3.10. The topological polar surface area (TPSA) is 23.1 Å². The molecule has 98 valence electrons. The molecule has 3 aliphatic rings. The monoisotopic (exact) mass is 274 g/mol. The van der Waals surface area contributed by atoms with Gasteiger partial charge in [-0.2, -0.15) is 0 Å². The summed E-state index contributed by atoms with van der Waals surface area (Å²) in [7, 11) is 0. The van der Waals surface area contributed by atoms with E-state index in [0.29, 0.717) is 17.8 Å². The molecule has 2 heteroatoms. The van der Waals surface area contributed by atoms with Crippen molar-refractivity contribution in [3.05, 3.63) is 0 Å². The van der Waals surface area contributed by atoms with Crippen LogP contribution in [0.1, 0.15) is 77.0 Å². The Morgan fingerprint density at radius 3 is 1.00 bits per heavy atom. The fourth-order valence-electron chi connectivity index (χ4n) is 5.13. The van der Waals surface area contributed by atoms with Crippen molar-refractivity contribution in [2.45, 2.75) is 82.7 Å². The van der Waals surface area contributed by atoms with Crippen molar-refractivity contribution < 1.29 is 56.5 Å². The molecule has 0 radical (unpaired) electrons. The van der Waals surface area contributed by atoms with E-state index in [4.69, 9.17) is 0 Å². The van der Waals surface area contributed by atoms with E-state index >= 15 is 0 Å². The molecule has 3 fully saturated rings. The molecule has 0 atom stereocenters. The Kier molecular flexibility index (Phi) is 6.25. The van der Waals surface area contributed by atoms with E-state index in [1.54, 1.807) is 0 Å². The van der Waals surface area contributed by atoms with Crippen LogP contribution in [0.3, 0.4) is 0 Å². The Labute approximate surface area is 155 Å². The summed E-state index contributed by atoms with van der Waals surface area (Å²) in [5.41, 5.74) is -0.510. The second-order valence-electron chi connectivity index (χ2n) is 6.80. The SMILES string of the molecule is [K+].[O-]C(C1CCCC1)(C1CCCC1)C1CCCC1. The van der Waals surface area contributed by atoms with E-state index < -0.39 is 5.60 Å². The molecule has 0 aromatic heterocycles. The maximum atomic E-state index is 13.7. The van der Waals surface area contributed by atoms with Gasteiger partial charge in [0.2, 0.25) is 0 Å². The molecule has 0 spiro atoms. The molecule has 1 nitrogen and oxygen atoms in total. The first-order valence-corrected chi connectivity index (χ1v) is 8.02. The zero-order valence-electron chi connectivity index (χ0n) is 12.1. The van der Waals surface area contributed by atoms with Gasteiger partial charge in [0.1, 0.15) is 0 Å². The standard InChI is InChI=1S/C16H27O.K/c17-16(13-7-1-2-8-13,14-9-3-4-10-14)15-11-5-6-12-15;/h13-15H,1-12H2;/q-1;+1. The Morgan fingerprint density at radius 1 is 0.556 bits per heavy atom. The number of hydrogen-bond donors (Lipinski definition) is 0. The fraction of sp³-hybridized carbons (Fsp3) is 1.00. The summed E-state index contributed by atoms with van der Waals surface area (Å²) in [5.74, 6) is 1.61. The van der Waals surface area contributed by atoms with Gasteiger partial charge in [-0.05, 0) is 0 Å². The van der Waals surface area contributed by atoms with Crippen molar-refractivity contribution >= 4 is 0 Å². The van der Waals surface area contributed by atoms with Gasteiger partial charge in [-0.15, -0.1) is 5.60 Å². The van der Waals surface area contributed by atoms with Crippen LogP contribution in [0.25, 0.3) is 0 Å². The molecule has 0 aliphatic heterocycles. The molecule has 0 saturated heterocycles. The predicted octanol–water partition coefficient (Wildman–Crippen LogP) is 0.660. The molecule has 3 saturated carbocycles. The minimum absolute atomic E-state index is 0. The van der Waals surface area contributed by atoms with Gasteiger partial charge in [0.25, 0.3) is 0 Å². The summed E-state index contributed by atoms with van der Waals surface area (Å²) >= 11 is 0. The first-order chi connectivity index (χ1) is 8.32. The first kappa shape index (κ1) is 16.0. The van der Waals surface area contributed by atoms with Gasteiger partial charge in [-0.1, -0.05) is 94.8 Å². The third kappa shape index (κ3) is 2.94. The molecule has 18 heavy (non-hydrogen) atoms. The van der Waals surface area contributed by atoms with Gasteiger partial charge < -0.3 is 5.11 Å². The van der Waals surface area contributed by atoms with Crippen LogP contribution in [0.2, 0.25) is 0 Å². The molecular formula is C16H27KO. The first-order valence-electron chi connectivity index (χ1n) is 8.02. The summed E-state index contributed by atoms with van der Waals surface area (Å²) in [6.07, 6.45) is 15.4. The molecule has 0 amide bonds. The quantitative estimate of drug-likeness (QED) is 0.694. The van der Waals surface area contributed by atoms with E-state index in [-0.39, 0.29) is 51.4 Å². The Bertz CT molecular complexity index is 207. The van der Waals surface area contributed by atoms with Gasteiger partial charge in [0.05, 0.1) is 0 Å². The Morgan fingerprint density at radius 2 is 0.778 bits per heavy atom. The second kappa shape index (κ2) is 7.04. The molecule has 0 heterocycles.